The van der Waals surface area contributed by atoms with Crippen molar-refractivity contribution in [2.24, 2.45) is 0 Å². The van der Waals surface area contributed by atoms with E-state index in [0.717, 1.165) is 0 Å². The van der Waals surface area contributed by atoms with Crippen LogP contribution in [0.15, 0.2) is 78.9 Å². The Labute approximate surface area is 155 Å². The summed E-state index contributed by atoms with van der Waals surface area (Å²) in [5.41, 5.74) is 0.263. The Kier molecular flexibility index (Phi) is 5.79. The number of hydrogen-bond acceptors (Lipinski definition) is 4. The van der Waals surface area contributed by atoms with Gasteiger partial charge in [-0.2, -0.15) is 0 Å². The minimum Gasteiger partial charge on any atom is -0.457 e. The van der Waals surface area contributed by atoms with Gasteiger partial charge in [0.05, 0.1) is 11.3 Å². The lowest BCUT2D eigenvalue weighted by Gasteiger charge is -2.09. The van der Waals surface area contributed by atoms with Crippen molar-refractivity contribution in [1.82, 2.24) is 0 Å². The average molecular weight is 365 g/mol. The van der Waals surface area contributed by atoms with E-state index in [-0.39, 0.29) is 11.3 Å². The normalized spacial score (nSPS) is 10.1. The number of halogens is 1. The molecule has 1 N–H and O–H groups in total. The van der Waals surface area contributed by atoms with Gasteiger partial charge < -0.3 is 14.8 Å². The number of para-hydroxylation sites is 2. The average Bonchev–Trinajstić information content (AvgIpc) is 2.69. The molecule has 0 bridgehead atoms. The van der Waals surface area contributed by atoms with Gasteiger partial charge in [-0.05, 0) is 42.5 Å². The van der Waals surface area contributed by atoms with Crippen molar-refractivity contribution in [1.29, 1.82) is 0 Å². The Hall–Kier alpha value is -3.67. The fourth-order valence-corrected chi connectivity index (χ4v) is 2.27. The summed E-state index contributed by atoms with van der Waals surface area (Å²) in [6.45, 7) is -0.531. The molecule has 3 aromatic carbocycles. The second-order valence-corrected chi connectivity index (χ2v) is 5.55. The van der Waals surface area contributed by atoms with E-state index in [4.69, 9.17) is 9.47 Å². The van der Waals surface area contributed by atoms with Gasteiger partial charge in [-0.15, -0.1) is 0 Å². The van der Waals surface area contributed by atoms with Gasteiger partial charge in [0.2, 0.25) is 0 Å². The van der Waals surface area contributed by atoms with E-state index in [1.165, 1.54) is 24.3 Å². The van der Waals surface area contributed by atoms with E-state index in [0.29, 0.717) is 11.5 Å². The quantitative estimate of drug-likeness (QED) is 0.657. The second-order valence-electron chi connectivity index (χ2n) is 5.55. The van der Waals surface area contributed by atoms with E-state index < -0.39 is 24.3 Å². The molecule has 0 aliphatic carbocycles. The molecule has 0 radical (unpaired) electrons. The standard InChI is InChI=1S/C21H16FNO4/c22-18-11-4-5-12-19(18)23-20(24)14-26-21(25)15-7-6-10-17(13-15)27-16-8-2-1-3-9-16/h1-13H,14H2,(H,23,24). The van der Waals surface area contributed by atoms with E-state index in [1.807, 2.05) is 18.2 Å². The molecule has 1 amide bonds. The first-order valence-corrected chi connectivity index (χ1v) is 8.16. The van der Waals surface area contributed by atoms with Crippen molar-refractivity contribution in [3.63, 3.8) is 0 Å². The molecule has 3 rings (SSSR count). The van der Waals surface area contributed by atoms with Crippen LogP contribution in [0.5, 0.6) is 11.5 Å². The van der Waals surface area contributed by atoms with Crippen LogP contribution < -0.4 is 10.1 Å². The largest absolute Gasteiger partial charge is 0.457 e. The molecule has 0 aliphatic heterocycles. The number of carbonyl (C=O) groups excluding carboxylic acids is 2. The SMILES string of the molecule is O=C(COC(=O)c1cccc(Oc2ccccc2)c1)Nc1ccccc1F. The molecule has 0 saturated carbocycles. The van der Waals surface area contributed by atoms with Gasteiger partial charge in [0.1, 0.15) is 17.3 Å². The van der Waals surface area contributed by atoms with Crippen LogP contribution in [0.2, 0.25) is 0 Å². The number of esters is 1. The highest BCUT2D eigenvalue weighted by Gasteiger charge is 2.12. The number of amides is 1. The maximum atomic E-state index is 13.5. The third-order valence-electron chi connectivity index (χ3n) is 3.53. The van der Waals surface area contributed by atoms with Crippen LogP contribution in [0.1, 0.15) is 10.4 Å². The fraction of sp³-hybridized carbons (Fsp3) is 0.0476. The van der Waals surface area contributed by atoms with Gasteiger partial charge in [-0.25, -0.2) is 9.18 Å². The zero-order valence-corrected chi connectivity index (χ0v) is 14.2. The highest BCUT2D eigenvalue weighted by Crippen LogP contribution is 2.22. The summed E-state index contributed by atoms with van der Waals surface area (Å²) < 4.78 is 24.1. The van der Waals surface area contributed by atoms with Crippen LogP contribution in [0.25, 0.3) is 0 Å². The van der Waals surface area contributed by atoms with Crippen molar-refractivity contribution in [3.8, 4) is 11.5 Å². The summed E-state index contributed by atoms with van der Waals surface area (Å²) >= 11 is 0. The summed E-state index contributed by atoms with van der Waals surface area (Å²) in [5.74, 6) is -0.788. The van der Waals surface area contributed by atoms with Crippen molar-refractivity contribution in [3.05, 3.63) is 90.2 Å². The molecule has 0 saturated heterocycles. The lowest BCUT2D eigenvalue weighted by atomic mass is 10.2. The molecule has 6 heteroatoms. The van der Waals surface area contributed by atoms with Gasteiger partial charge >= 0.3 is 5.97 Å². The molecule has 136 valence electrons. The molecule has 0 fully saturated rings. The Morgan fingerprint density at radius 3 is 2.33 bits per heavy atom. The van der Waals surface area contributed by atoms with Crippen LogP contribution in [-0.2, 0) is 9.53 Å². The smallest absolute Gasteiger partial charge is 0.338 e. The van der Waals surface area contributed by atoms with Gasteiger partial charge in [0.25, 0.3) is 5.91 Å². The van der Waals surface area contributed by atoms with Crippen molar-refractivity contribution in [2.75, 3.05) is 11.9 Å². The van der Waals surface area contributed by atoms with E-state index in [1.54, 1.807) is 36.4 Å². The predicted octanol–water partition coefficient (Wildman–Crippen LogP) is 4.41. The van der Waals surface area contributed by atoms with Crippen LogP contribution >= 0.6 is 0 Å². The monoisotopic (exact) mass is 365 g/mol. The first kappa shape index (κ1) is 18.1. The molecule has 0 unspecified atom stereocenters. The van der Waals surface area contributed by atoms with Crippen LogP contribution in [0.4, 0.5) is 10.1 Å². The van der Waals surface area contributed by atoms with Gasteiger partial charge in [0, 0.05) is 0 Å². The number of ether oxygens (including phenoxy) is 2. The minimum absolute atomic E-state index is 0.0248. The zero-order chi connectivity index (χ0) is 19.1. The molecular formula is C21H16FNO4. The molecule has 27 heavy (non-hydrogen) atoms. The number of carbonyl (C=O) groups is 2. The maximum Gasteiger partial charge on any atom is 0.338 e. The van der Waals surface area contributed by atoms with Gasteiger partial charge in [-0.3, -0.25) is 4.79 Å². The van der Waals surface area contributed by atoms with E-state index >= 15 is 0 Å². The van der Waals surface area contributed by atoms with Crippen LogP contribution in [0, 0.1) is 5.82 Å². The van der Waals surface area contributed by atoms with Crippen LogP contribution in [0.3, 0.4) is 0 Å². The first-order chi connectivity index (χ1) is 13.1. The lowest BCUT2D eigenvalue weighted by Crippen LogP contribution is -2.21. The van der Waals surface area contributed by atoms with Crippen molar-refractivity contribution < 1.29 is 23.5 Å². The summed E-state index contributed by atoms with van der Waals surface area (Å²) in [5, 5.41) is 2.35. The third kappa shape index (κ3) is 5.15. The number of benzene rings is 3. The molecular weight excluding hydrogens is 349 g/mol. The number of hydrogen-bond donors (Lipinski definition) is 1. The minimum atomic E-state index is -0.683. The molecule has 5 nitrogen and oxygen atoms in total. The molecule has 0 aliphatic rings. The fourth-order valence-electron chi connectivity index (χ4n) is 2.27. The molecule has 3 aromatic rings. The number of rotatable bonds is 6. The van der Waals surface area contributed by atoms with Crippen molar-refractivity contribution >= 4 is 17.6 Å². The molecule has 0 aromatic heterocycles. The molecule has 0 atom stereocenters. The summed E-state index contributed by atoms with van der Waals surface area (Å²) in [7, 11) is 0. The third-order valence-corrected chi connectivity index (χ3v) is 3.53. The van der Waals surface area contributed by atoms with Gasteiger partial charge in [-0.1, -0.05) is 36.4 Å². The van der Waals surface area contributed by atoms with E-state index in [2.05, 4.69) is 5.32 Å². The Balaban J connectivity index is 1.57. The Morgan fingerprint density at radius 1 is 0.852 bits per heavy atom. The molecule has 0 heterocycles. The second kappa shape index (κ2) is 8.62. The molecule has 0 spiro atoms. The Morgan fingerprint density at radius 2 is 1.56 bits per heavy atom. The zero-order valence-electron chi connectivity index (χ0n) is 14.2. The topological polar surface area (TPSA) is 64.6 Å². The van der Waals surface area contributed by atoms with Gasteiger partial charge in [0.15, 0.2) is 6.61 Å². The highest BCUT2D eigenvalue weighted by molar-refractivity contribution is 5.95. The summed E-state index contributed by atoms with van der Waals surface area (Å²) in [4.78, 5) is 24.0. The number of anilines is 1. The predicted molar refractivity (Wildman–Crippen MR) is 98.3 cm³/mol. The highest BCUT2D eigenvalue weighted by atomic mass is 19.1. The lowest BCUT2D eigenvalue weighted by molar-refractivity contribution is -0.119. The Bertz CT molecular complexity index is 944. The number of nitrogens with one attached hydrogen (secondary N) is 1. The maximum absolute atomic E-state index is 13.5. The summed E-state index contributed by atoms with van der Waals surface area (Å²) in [6.07, 6.45) is 0. The summed E-state index contributed by atoms with van der Waals surface area (Å²) in [6, 6.07) is 21.3. The van der Waals surface area contributed by atoms with Crippen LogP contribution in [-0.4, -0.2) is 18.5 Å². The van der Waals surface area contributed by atoms with Crippen molar-refractivity contribution in [2.45, 2.75) is 0 Å². The first-order valence-electron chi connectivity index (χ1n) is 8.16. The van der Waals surface area contributed by atoms with E-state index in [9.17, 15) is 14.0 Å².